The van der Waals surface area contributed by atoms with E-state index in [2.05, 4.69) is 22.3 Å². The molecule has 0 bridgehead atoms. The molecule has 2 unspecified atom stereocenters. The summed E-state index contributed by atoms with van der Waals surface area (Å²) in [7, 11) is 2.12. The van der Waals surface area contributed by atoms with Crippen LogP contribution < -0.4 is 0 Å². The first kappa shape index (κ1) is 12.6. The number of aliphatic carboxylic acids is 1. The van der Waals surface area contributed by atoms with Gasteiger partial charge in [-0.15, -0.1) is 5.10 Å². The van der Waals surface area contributed by atoms with Crippen LogP contribution in [0, 0.1) is 5.92 Å². The quantitative estimate of drug-likeness (QED) is 0.853. The second kappa shape index (κ2) is 4.92. The zero-order valence-corrected chi connectivity index (χ0v) is 11.2. The summed E-state index contributed by atoms with van der Waals surface area (Å²) in [5, 5.41) is 17.7. The fourth-order valence-electron chi connectivity index (χ4n) is 3.24. The Bertz CT molecular complexity index is 485. The molecule has 1 aliphatic carbocycles. The Hall–Kier alpha value is -1.43. The first-order chi connectivity index (χ1) is 9.15. The summed E-state index contributed by atoms with van der Waals surface area (Å²) in [6, 6.07) is 0.350. The lowest BCUT2D eigenvalue weighted by molar-refractivity contribution is -0.142. The molecule has 0 amide bonds. The van der Waals surface area contributed by atoms with Crippen molar-refractivity contribution in [3.05, 3.63) is 11.4 Å². The third kappa shape index (κ3) is 2.36. The lowest BCUT2D eigenvalue weighted by Gasteiger charge is -2.31. The van der Waals surface area contributed by atoms with E-state index in [0.717, 1.165) is 43.7 Å². The highest BCUT2D eigenvalue weighted by atomic mass is 16.4. The molecule has 2 atom stereocenters. The molecule has 0 radical (unpaired) electrons. The molecule has 1 N–H and O–H groups in total. The van der Waals surface area contributed by atoms with Gasteiger partial charge in [-0.1, -0.05) is 5.21 Å². The van der Waals surface area contributed by atoms with E-state index in [9.17, 15) is 9.90 Å². The topological polar surface area (TPSA) is 71.2 Å². The number of nitrogens with zero attached hydrogens (tertiary/aromatic N) is 4. The molecule has 1 fully saturated rings. The van der Waals surface area contributed by atoms with Crippen LogP contribution in [0.1, 0.15) is 36.7 Å². The van der Waals surface area contributed by atoms with E-state index in [1.165, 1.54) is 0 Å². The van der Waals surface area contributed by atoms with Crippen LogP contribution in [0.15, 0.2) is 0 Å². The Morgan fingerprint density at radius 3 is 3.00 bits per heavy atom. The molecule has 2 heterocycles. The number of aromatic nitrogens is 3. The summed E-state index contributed by atoms with van der Waals surface area (Å²) in [6.07, 6.45) is 4.29. The van der Waals surface area contributed by atoms with Crippen LogP contribution in [0.3, 0.4) is 0 Å². The highest BCUT2D eigenvalue weighted by molar-refractivity contribution is 5.70. The van der Waals surface area contributed by atoms with Crippen molar-refractivity contribution in [1.82, 2.24) is 19.9 Å². The zero-order valence-electron chi connectivity index (χ0n) is 11.2. The van der Waals surface area contributed by atoms with Crippen molar-refractivity contribution in [2.24, 2.45) is 5.92 Å². The van der Waals surface area contributed by atoms with Gasteiger partial charge in [0.15, 0.2) is 0 Å². The van der Waals surface area contributed by atoms with Crippen LogP contribution in [0.4, 0.5) is 0 Å². The van der Waals surface area contributed by atoms with Gasteiger partial charge in [0.1, 0.15) is 0 Å². The predicted molar refractivity (Wildman–Crippen MR) is 68.9 cm³/mol. The molecule has 0 aromatic carbocycles. The molecule has 6 heteroatoms. The van der Waals surface area contributed by atoms with Gasteiger partial charge in [0.05, 0.1) is 23.3 Å². The number of piperidine rings is 1. The molecular formula is C13H20N4O2. The van der Waals surface area contributed by atoms with Gasteiger partial charge in [-0.05, 0) is 39.3 Å². The number of likely N-dealkylation sites (tertiary alicyclic amines) is 1. The summed E-state index contributed by atoms with van der Waals surface area (Å²) in [4.78, 5) is 13.5. The number of fused-ring (bicyclic) bond motifs is 1. The van der Waals surface area contributed by atoms with Gasteiger partial charge >= 0.3 is 5.97 Å². The second-order valence-corrected chi connectivity index (χ2v) is 5.76. The van der Waals surface area contributed by atoms with Crippen molar-refractivity contribution in [2.45, 2.75) is 38.1 Å². The molecule has 104 valence electrons. The maximum atomic E-state index is 11.2. The van der Waals surface area contributed by atoms with Crippen LogP contribution in [0.2, 0.25) is 0 Å². The Balaban J connectivity index is 1.84. The number of likely N-dealkylation sites (N-methyl/N-ethyl adjacent to an activating group) is 1. The summed E-state index contributed by atoms with van der Waals surface area (Å²) in [5.74, 6) is -0.967. The number of hydrogen-bond acceptors (Lipinski definition) is 4. The van der Waals surface area contributed by atoms with Crippen molar-refractivity contribution in [3.8, 4) is 0 Å². The smallest absolute Gasteiger partial charge is 0.306 e. The monoisotopic (exact) mass is 264 g/mol. The summed E-state index contributed by atoms with van der Waals surface area (Å²) in [6.45, 7) is 2.11. The average molecular weight is 264 g/mol. The number of carboxylic acids is 1. The van der Waals surface area contributed by atoms with Crippen molar-refractivity contribution < 1.29 is 9.90 Å². The summed E-state index contributed by atoms with van der Waals surface area (Å²) < 4.78 is 2.00. The van der Waals surface area contributed by atoms with Crippen LogP contribution in [0.25, 0.3) is 0 Å². The molecule has 1 saturated heterocycles. The lowest BCUT2D eigenvalue weighted by Crippen LogP contribution is -2.35. The average Bonchev–Trinajstić information content (AvgIpc) is 2.81. The highest BCUT2D eigenvalue weighted by Gasteiger charge is 2.31. The van der Waals surface area contributed by atoms with Crippen LogP contribution in [0.5, 0.6) is 0 Å². The van der Waals surface area contributed by atoms with Crippen LogP contribution >= 0.6 is 0 Å². The predicted octanol–water partition coefficient (Wildman–Crippen LogP) is 0.734. The van der Waals surface area contributed by atoms with Crippen LogP contribution in [-0.2, 0) is 17.6 Å². The molecule has 3 rings (SSSR count). The molecule has 1 aromatic heterocycles. The van der Waals surface area contributed by atoms with E-state index in [0.29, 0.717) is 18.9 Å². The van der Waals surface area contributed by atoms with Gasteiger partial charge in [-0.2, -0.15) is 0 Å². The standard InChI is InChI=1S/C13H20N4O2/c1-16-6-2-3-10(8-16)17-12-7-9(13(18)19)4-5-11(12)14-15-17/h9-10H,2-8H2,1H3,(H,18,19). The van der Waals surface area contributed by atoms with E-state index >= 15 is 0 Å². The Morgan fingerprint density at radius 1 is 1.42 bits per heavy atom. The maximum absolute atomic E-state index is 11.2. The fourth-order valence-corrected chi connectivity index (χ4v) is 3.24. The zero-order chi connectivity index (χ0) is 13.4. The molecule has 19 heavy (non-hydrogen) atoms. The van der Waals surface area contributed by atoms with Gasteiger partial charge in [-0.25, -0.2) is 4.68 Å². The van der Waals surface area contributed by atoms with E-state index in [-0.39, 0.29) is 5.92 Å². The van der Waals surface area contributed by atoms with Gasteiger partial charge in [0.2, 0.25) is 0 Å². The van der Waals surface area contributed by atoms with Gasteiger partial charge in [-0.3, -0.25) is 4.79 Å². The Kier molecular flexibility index (Phi) is 3.26. The van der Waals surface area contributed by atoms with Gasteiger partial charge in [0, 0.05) is 13.0 Å². The molecule has 6 nitrogen and oxygen atoms in total. The van der Waals surface area contributed by atoms with Crippen molar-refractivity contribution in [2.75, 3.05) is 20.1 Å². The molecule has 0 spiro atoms. The third-order valence-corrected chi connectivity index (χ3v) is 4.34. The normalized spacial score (nSPS) is 28.1. The second-order valence-electron chi connectivity index (χ2n) is 5.76. The van der Waals surface area contributed by atoms with Crippen molar-refractivity contribution in [1.29, 1.82) is 0 Å². The minimum Gasteiger partial charge on any atom is -0.481 e. The number of hydrogen-bond donors (Lipinski definition) is 1. The van der Waals surface area contributed by atoms with E-state index < -0.39 is 5.97 Å². The first-order valence-electron chi connectivity index (χ1n) is 6.99. The highest BCUT2D eigenvalue weighted by Crippen LogP contribution is 2.28. The number of carboxylic acid groups (broad SMARTS) is 1. The van der Waals surface area contributed by atoms with E-state index in [1.54, 1.807) is 0 Å². The minimum absolute atomic E-state index is 0.272. The van der Waals surface area contributed by atoms with Crippen LogP contribution in [-0.4, -0.2) is 51.1 Å². The van der Waals surface area contributed by atoms with E-state index in [4.69, 9.17) is 0 Å². The molecule has 1 aliphatic heterocycles. The Labute approximate surface area is 112 Å². The largest absolute Gasteiger partial charge is 0.481 e. The molecule has 0 saturated carbocycles. The Morgan fingerprint density at radius 2 is 2.26 bits per heavy atom. The van der Waals surface area contributed by atoms with E-state index in [1.807, 2.05) is 4.68 Å². The van der Waals surface area contributed by atoms with Gasteiger partial charge in [0.25, 0.3) is 0 Å². The van der Waals surface area contributed by atoms with Gasteiger partial charge < -0.3 is 10.0 Å². The summed E-state index contributed by atoms with van der Waals surface area (Å²) >= 11 is 0. The molecule has 1 aromatic rings. The van der Waals surface area contributed by atoms with Crippen molar-refractivity contribution in [3.63, 3.8) is 0 Å². The minimum atomic E-state index is -0.695. The molecule has 2 aliphatic rings. The summed E-state index contributed by atoms with van der Waals surface area (Å²) in [5.41, 5.74) is 2.06. The first-order valence-corrected chi connectivity index (χ1v) is 6.99. The number of rotatable bonds is 2. The number of aryl methyl sites for hydroxylation is 1. The SMILES string of the molecule is CN1CCCC(n2nnc3c2CC(C(=O)O)CC3)C1. The molecular weight excluding hydrogens is 244 g/mol. The number of carbonyl (C=O) groups is 1. The third-order valence-electron chi connectivity index (χ3n) is 4.34. The lowest BCUT2D eigenvalue weighted by atomic mass is 9.89. The van der Waals surface area contributed by atoms with Crippen molar-refractivity contribution >= 4 is 5.97 Å². The maximum Gasteiger partial charge on any atom is 0.306 e. The fraction of sp³-hybridized carbons (Fsp3) is 0.769.